The lowest BCUT2D eigenvalue weighted by Crippen LogP contribution is -2.38. The molecule has 0 unspecified atom stereocenters. The molecule has 1 amide bonds. The molecule has 140 valence electrons. The zero-order valence-corrected chi connectivity index (χ0v) is 16.2. The molecule has 2 aromatic rings. The number of rotatable bonds is 8. The van der Waals surface area contributed by atoms with Crippen molar-refractivity contribution in [3.63, 3.8) is 0 Å². The normalized spacial score (nSPS) is 11.4. The van der Waals surface area contributed by atoms with E-state index in [0.29, 0.717) is 22.9 Å². The van der Waals surface area contributed by atoms with Crippen LogP contribution in [0.25, 0.3) is 0 Å². The van der Waals surface area contributed by atoms with Gasteiger partial charge in [0.25, 0.3) is 0 Å². The van der Waals surface area contributed by atoms with Crippen molar-refractivity contribution in [3.05, 3.63) is 53.6 Å². The molecule has 0 aliphatic rings. The van der Waals surface area contributed by atoms with Gasteiger partial charge in [0.2, 0.25) is 15.9 Å². The highest BCUT2D eigenvalue weighted by atomic mass is 35.5. The topological polar surface area (TPSA) is 75.7 Å². The number of ether oxygens (including phenoxy) is 1. The smallest absolute Gasteiger partial charge is 0.243 e. The number of sulfonamides is 1. The van der Waals surface area contributed by atoms with E-state index in [9.17, 15) is 13.2 Å². The van der Waals surface area contributed by atoms with Crippen LogP contribution in [0.4, 0.5) is 5.69 Å². The van der Waals surface area contributed by atoms with Crippen molar-refractivity contribution < 1.29 is 17.9 Å². The van der Waals surface area contributed by atoms with Crippen molar-refractivity contribution in [3.8, 4) is 5.75 Å². The summed E-state index contributed by atoms with van der Waals surface area (Å²) in [6.07, 6.45) is 0.571. The van der Waals surface area contributed by atoms with Crippen molar-refractivity contribution in [2.24, 2.45) is 0 Å². The SMILES string of the molecule is CCCN(CC(=O)Nc1ccccc1OC)S(=O)(=O)c1cccc(Cl)c1. The van der Waals surface area contributed by atoms with Crippen molar-refractivity contribution >= 4 is 33.2 Å². The van der Waals surface area contributed by atoms with Crippen LogP contribution in [0.2, 0.25) is 5.02 Å². The molecule has 0 atom stereocenters. The lowest BCUT2D eigenvalue weighted by Gasteiger charge is -2.21. The summed E-state index contributed by atoms with van der Waals surface area (Å²) in [6, 6.07) is 12.9. The van der Waals surface area contributed by atoms with Crippen LogP contribution in [0.3, 0.4) is 0 Å². The van der Waals surface area contributed by atoms with Crippen molar-refractivity contribution in [1.29, 1.82) is 0 Å². The molecule has 0 radical (unpaired) electrons. The van der Waals surface area contributed by atoms with E-state index in [1.165, 1.54) is 19.2 Å². The summed E-state index contributed by atoms with van der Waals surface area (Å²) in [5, 5.41) is 3.01. The van der Waals surface area contributed by atoms with Gasteiger partial charge in [-0.2, -0.15) is 4.31 Å². The Labute approximate surface area is 158 Å². The van der Waals surface area contributed by atoms with Gasteiger partial charge in [0.15, 0.2) is 0 Å². The first-order valence-electron chi connectivity index (χ1n) is 8.07. The minimum Gasteiger partial charge on any atom is -0.495 e. The van der Waals surface area contributed by atoms with Gasteiger partial charge < -0.3 is 10.1 Å². The Balaban J connectivity index is 2.20. The lowest BCUT2D eigenvalue weighted by molar-refractivity contribution is -0.116. The first-order chi connectivity index (χ1) is 12.4. The molecule has 1 N–H and O–H groups in total. The summed E-state index contributed by atoms with van der Waals surface area (Å²) in [7, 11) is -2.33. The highest BCUT2D eigenvalue weighted by Gasteiger charge is 2.26. The van der Waals surface area contributed by atoms with Gasteiger partial charge in [-0.05, 0) is 36.8 Å². The van der Waals surface area contributed by atoms with Crippen molar-refractivity contribution in [2.75, 3.05) is 25.5 Å². The molecule has 8 heteroatoms. The zero-order valence-electron chi connectivity index (χ0n) is 14.6. The third-order valence-electron chi connectivity index (χ3n) is 3.61. The maximum Gasteiger partial charge on any atom is 0.243 e. The quantitative estimate of drug-likeness (QED) is 0.742. The Morgan fingerprint density at radius 3 is 2.58 bits per heavy atom. The van der Waals surface area contributed by atoms with Gasteiger partial charge in [-0.25, -0.2) is 8.42 Å². The standard InChI is InChI=1S/C18H21ClN2O4S/c1-3-11-21(26(23,24)15-8-6-7-14(19)12-15)13-18(22)20-16-9-4-5-10-17(16)25-2/h4-10,12H,3,11,13H2,1-2H3,(H,20,22). The van der Waals surface area contributed by atoms with Crippen LogP contribution in [-0.2, 0) is 14.8 Å². The Morgan fingerprint density at radius 2 is 1.92 bits per heavy atom. The van der Waals surface area contributed by atoms with Crippen LogP contribution in [0.15, 0.2) is 53.4 Å². The monoisotopic (exact) mass is 396 g/mol. The van der Waals surface area contributed by atoms with E-state index in [1.807, 2.05) is 6.92 Å². The van der Waals surface area contributed by atoms with E-state index < -0.39 is 15.9 Å². The van der Waals surface area contributed by atoms with Crippen LogP contribution < -0.4 is 10.1 Å². The highest BCUT2D eigenvalue weighted by Crippen LogP contribution is 2.24. The number of benzene rings is 2. The van der Waals surface area contributed by atoms with Crippen LogP contribution in [-0.4, -0.2) is 38.8 Å². The van der Waals surface area contributed by atoms with Crippen molar-refractivity contribution in [1.82, 2.24) is 4.31 Å². The molecule has 0 saturated carbocycles. The summed E-state index contributed by atoms with van der Waals surface area (Å²) < 4.78 is 32.0. The first kappa shape index (κ1) is 20.2. The molecule has 0 fully saturated rings. The highest BCUT2D eigenvalue weighted by molar-refractivity contribution is 7.89. The number of carbonyl (C=O) groups excluding carboxylic acids is 1. The Bertz CT molecular complexity index is 871. The Kier molecular flexibility index (Phi) is 7.02. The van der Waals surface area contributed by atoms with Crippen LogP contribution in [0.1, 0.15) is 13.3 Å². The van der Waals surface area contributed by atoms with Gasteiger partial charge in [0, 0.05) is 11.6 Å². The van der Waals surface area contributed by atoms with Gasteiger partial charge in [-0.15, -0.1) is 0 Å². The van der Waals surface area contributed by atoms with Gasteiger partial charge in [-0.3, -0.25) is 4.79 Å². The van der Waals surface area contributed by atoms with Gasteiger partial charge in [-0.1, -0.05) is 36.7 Å². The first-order valence-corrected chi connectivity index (χ1v) is 9.89. The molecule has 0 aromatic heterocycles. The van der Waals surface area contributed by atoms with E-state index in [2.05, 4.69) is 5.32 Å². The van der Waals surface area contributed by atoms with Gasteiger partial charge in [0.1, 0.15) is 5.75 Å². The van der Waals surface area contributed by atoms with Crippen molar-refractivity contribution in [2.45, 2.75) is 18.2 Å². The maximum absolute atomic E-state index is 12.8. The third-order valence-corrected chi connectivity index (χ3v) is 5.68. The second-order valence-electron chi connectivity index (χ2n) is 5.54. The third kappa shape index (κ3) is 4.97. The number of methoxy groups -OCH3 is 1. The molecule has 2 rings (SSSR count). The molecule has 0 aliphatic heterocycles. The molecular formula is C18H21ClN2O4S. The minimum absolute atomic E-state index is 0.0588. The summed E-state index contributed by atoms with van der Waals surface area (Å²) in [5.41, 5.74) is 0.483. The van der Waals surface area contributed by atoms with Crippen LogP contribution in [0.5, 0.6) is 5.75 Å². The molecule has 26 heavy (non-hydrogen) atoms. The molecule has 6 nitrogen and oxygen atoms in total. The van der Waals surface area contributed by atoms with E-state index in [1.54, 1.807) is 36.4 Å². The Hall–Kier alpha value is -2.09. The number of amides is 1. The van der Waals surface area contributed by atoms with E-state index in [4.69, 9.17) is 16.3 Å². The number of para-hydroxylation sites is 2. The fourth-order valence-electron chi connectivity index (χ4n) is 2.41. The van der Waals surface area contributed by atoms with Gasteiger partial charge >= 0.3 is 0 Å². The second-order valence-corrected chi connectivity index (χ2v) is 7.92. The van der Waals surface area contributed by atoms with E-state index >= 15 is 0 Å². The van der Waals surface area contributed by atoms with E-state index in [0.717, 1.165) is 4.31 Å². The molecule has 0 spiro atoms. The summed E-state index contributed by atoms with van der Waals surface area (Å²) >= 11 is 5.90. The number of nitrogens with one attached hydrogen (secondary N) is 1. The molecular weight excluding hydrogens is 376 g/mol. The molecule has 0 heterocycles. The Morgan fingerprint density at radius 1 is 1.19 bits per heavy atom. The minimum atomic E-state index is -3.83. The maximum atomic E-state index is 12.8. The molecule has 2 aromatic carbocycles. The number of anilines is 1. The molecule has 0 aliphatic carbocycles. The van der Waals surface area contributed by atoms with Crippen LogP contribution in [0, 0.1) is 0 Å². The lowest BCUT2D eigenvalue weighted by atomic mass is 10.3. The average molecular weight is 397 g/mol. The van der Waals surface area contributed by atoms with Gasteiger partial charge in [0.05, 0.1) is 24.2 Å². The second kappa shape index (κ2) is 9.02. The fourth-order valence-corrected chi connectivity index (χ4v) is 4.20. The number of halogens is 1. The predicted molar refractivity (Wildman–Crippen MR) is 102 cm³/mol. The fraction of sp³-hybridized carbons (Fsp3) is 0.278. The predicted octanol–water partition coefficient (Wildman–Crippen LogP) is 3.39. The molecule has 0 bridgehead atoms. The van der Waals surface area contributed by atoms with Crippen LogP contribution >= 0.6 is 11.6 Å². The summed E-state index contributed by atoms with van der Waals surface area (Å²) in [5.74, 6) is 0.0501. The number of carbonyl (C=O) groups is 1. The number of hydrogen-bond acceptors (Lipinski definition) is 4. The summed E-state index contributed by atoms with van der Waals surface area (Å²) in [6.45, 7) is 1.76. The zero-order chi connectivity index (χ0) is 19.2. The van der Waals surface area contributed by atoms with E-state index in [-0.39, 0.29) is 18.0 Å². The average Bonchev–Trinajstić information content (AvgIpc) is 2.61. The number of hydrogen-bond donors (Lipinski definition) is 1. The molecule has 0 saturated heterocycles. The summed E-state index contributed by atoms with van der Waals surface area (Å²) in [4.78, 5) is 12.5. The number of nitrogens with zero attached hydrogens (tertiary/aromatic N) is 1. The largest absolute Gasteiger partial charge is 0.495 e.